The molecule has 20 heavy (non-hydrogen) atoms. The molecule has 0 heterocycles. The van der Waals surface area contributed by atoms with Gasteiger partial charge >= 0.3 is 5.97 Å². The van der Waals surface area contributed by atoms with Gasteiger partial charge in [-0.15, -0.1) is 0 Å². The van der Waals surface area contributed by atoms with Crippen LogP contribution in [0, 0.1) is 0 Å². The summed E-state index contributed by atoms with van der Waals surface area (Å²) in [6.07, 6.45) is 3.00. The van der Waals surface area contributed by atoms with E-state index < -0.39 is 0 Å². The summed E-state index contributed by atoms with van der Waals surface area (Å²) in [6, 6.07) is -0.0679. The summed E-state index contributed by atoms with van der Waals surface area (Å²) in [7, 11) is 0. The smallest absolute Gasteiger partial charge is 0.323 e. The normalized spacial score (nSPS) is 12.9. The Morgan fingerprint density at radius 3 is 2.10 bits per heavy atom. The lowest BCUT2D eigenvalue weighted by molar-refractivity contribution is -0.149. The van der Waals surface area contributed by atoms with Crippen LogP contribution in [0.25, 0.3) is 0 Å². The molecule has 0 radical (unpaired) electrons. The maximum absolute atomic E-state index is 12.1. The third kappa shape index (κ3) is 7.25. The summed E-state index contributed by atoms with van der Waals surface area (Å²) in [5, 5.41) is 0. The molecule has 0 rings (SSSR count). The van der Waals surface area contributed by atoms with Gasteiger partial charge in [0.1, 0.15) is 6.04 Å². The van der Waals surface area contributed by atoms with Crippen molar-refractivity contribution in [2.75, 3.05) is 39.3 Å². The van der Waals surface area contributed by atoms with E-state index in [-0.39, 0.29) is 12.0 Å². The predicted octanol–water partition coefficient (Wildman–Crippen LogP) is 2.77. The Kier molecular flexibility index (Phi) is 11.8. The van der Waals surface area contributed by atoms with E-state index in [2.05, 4.69) is 37.5 Å². The van der Waals surface area contributed by atoms with E-state index in [1.807, 2.05) is 6.92 Å². The number of hydrogen-bond donors (Lipinski definition) is 0. The first-order valence-electron chi connectivity index (χ1n) is 8.27. The first-order valence-corrected chi connectivity index (χ1v) is 8.27. The topological polar surface area (TPSA) is 32.8 Å². The van der Waals surface area contributed by atoms with E-state index in [1.54, 1.807) is 0 Å². The minimum absolute atomic E-state index is 0.0564. The molecular weight excluding hydrogens is 252 g/mol. The Balaban J connectivity index is 4.39. The van der Waals surface area contributed by atoms with Gasteiger partial charge in [-0.1, -0.05) is 34.1 Å². The average Bonchev–Trinajstić information content (AvgIpc) is 2.46. The van der Waals surface area contributed by atoms with Crippen molar-refractivity contribution in [2.45, 2.75) is 59.9 Å². The van der Waals surface area contributed by atoms with Crippen LogP contribution < -0.4 is 0 Å². The second kappa shape index (κ2) is 12.2. The first-order chi connectivity index (χ1) is 9.64. The third-order valence-corrected chi connectivity index (χ3v) is 3.78. The molecule has 1 unspecified atom stereocenters. The quantitative estimate of drug-likeness (QED) is 0.517. The van der Waals surface area contributed by atoms with Gasteiger partial charge in [0.15, 0.2) is 0 Å². The monoisotopic (exact) mass is 286 g/mol. The highest BCUT2D eigenvalue weighted by Gasteiger charge is 2.24. The highest BCUT2D eigenvalue weighted by Crippen LogP contribution is 2.10. The molecule has 0 aliphatic heterocycles. The molecule has 0 aromatic rings. The van der Waals surface area contributed by atoms with Crippen LogP contribution in [0.15, 0.2) is 0 Å². The van der Waals surface area contributed by atoms with Crippen LogP contribution in [-0.2, 0) is 9.53 Å². The first kappa shape index (κ1) is 19.4. The summed E-state index contributed by atoms with van der Waals surface area (Å²) >= 11 is 0. The Labute approximate surface area is 125 Å². The molecule has 0 amide bonds. The summed E-state index contributed by atoms with van der Waals surface area (Å²) in [5.74, 6) is -0.0564. The number of ether oxygens (including phenoxy) is 1. The predicted molar refractivity (Wildman–Crippen MR) is 85.0 cm³/mol. The number of likely N-dealkylation sites (N-methyl/N-ethyl adjacent to an activating group) is 1. The second-order valence-electron chi connectivity index (χ2n) is 5.07. The van der Waals surface area contributed by atoms with E-state index in [0.29, 0.717) is 6.61 Å². The van der Waals surface area contributed by atoms with Gasteiger partial charge in [0.25, 0.3) is 0 Å². The standard InChI is InChI=1S/C16H34N2O2/c1-6-12-15(16(19)20-10-5)18(9-4)14-11-13-17(7-2)8-3/h15H,6-14H2,1-5H3. The molecule has 4 nitrogen and oxygen atoms in total. The van der Waals surface area contributed by atoms with Gasteiger partial charge in [0, 0.05) is 6.54 Å². The van der Waals surface area contributed by atoms with Crippen molar-refractivity contribution < 1.29 is 9.53 Å². The average molecular weight is 286 g/mol. The molecule has 0 aliphatic carbocycles. The minimum Gasteiger partial charge on any atom is -0.465 e. The van der Waals surface area contributed by atoms with E-state index in [1.165, 1.54) is 0 Å². The maximum atomic E-state index is 12.1. The minimum atomic E-state index is -0.0679. The van der Waals surface area contributed by atoms with Gasteiger partial charge in [0.2, 0.25) is 0 Å². The highest BCUT2D eigenvalue weighted by atomic mass is 16.5. The fourth-order valence-electron chi connectivity index (χ4n) is 2.53. The zero-order chi connectivity index (χ0) is 15.4. The number of esters is 1. The molecule has 0 aliphatic rings. The van der Waals surface area contributed by atoms with Gasteiger partial charge in [-0.05, 0) is 45.9 Å². The summed E-state index contributed by atoms with van der Waals surface area (Å²) in [5.41, 5.74) is 0. The Hall–Kier alpha value is -0.610. The molecule has 0 spiro atoms. The van der Waals surface area contributed by atoms with Gasteiger partial charge in [-0.25, -0.2) is 0 Å². The highest BCUT2D eigenvalue weighted by molar-refractivity contribution is 5.75. The Morgan fingerprint density at radius 2 is 1.65 bits per heavy atom. The van der Waals surface area contributed by atoms with Crippen molar-refractivity contribution >= 4 is 5.97 Å². The molecule has 120 valence electrons. The lowest BCUT2D eigenvalue weighted by Gasteiger charge is -2.29. The summed E-state index contributed by atoms with van der Waals surface area (Å²) < 4.78 is 5.22. The number of rotatable bonds is 12. The summed E-state index contributed by atoms with van der Waals surface area (Å²) in [6.45, 7) is 16.1. The van der Waals surface area contributed by atoms with Crippen molar-refractivity contribution in [1.29, 1.82) is 0 Å². The van der Waals surface area contributed by atoms with Crippen LogP contribution in [-0.4, -0.2) is 61.1 Å². The number of carbonyl (C=O) groups is 1. The van der Waals surface area contributed by atoms with Crippen LogP contribution in [0.5, 0.6) is 0 Å². The van der Waals surface area contributed by atoms with E-state index in [4.69, 9.17) is 4.74 Å². The Bertz CT molecular complexity index is 243. The van der Waals surface area contributed by atoms with Gasteiger partial charge in [-0.2, -0.15) is 0 Å². The van der Waals surface area contributed by atoms with Crippen LogP contribution in [0.2, 0.25) is 0 Å². The zero-order valence-electron chi connectivity index (χ0n) is 14.2. The van der Waals surface area contributed by atoms with Gasteiger partial charge in [-0.3, -0.25) is 9.69 Å². The number of hydrogen-bond acceptors (Lipinski definition) is 4. The van der Waals surface area contributed by atoms with E-state index >= 15 is 0 Å². The Morgan fingerprint density at radius 1 is 1.00 bits per heavy atom. The lowest BCUT2D eigenvalue weighted by atomic mass is 10.1. The molecule has 0 saturated heterocycles. The van der Waals surface area contributed by atoms with Crippen LogP contribution >= 0.6 is 0 Å². The third-order valence-electron chi connectivity index (χ3n) is 3.78. The second-order valence-corrected chi connectivity index (χ2v) is 5.07. The fraction of sp³-hybridized carbons (Fsp3) is 0.938. The zero-order valence-corrected chi connectivity index (χ0v) is 14.2. The molecule has 0 saturated carbocycles. The lowest BCUT2D eigenvalue weighted by Crippen LogP contribution is -2.43. The van der Waals surface area contributed by atoms with Crippen LogP contribution in [0.4, 0.5) is 0 Å². The van der Waals surface area contributed by atoms with Crippen LogP contribution in [0.1, 0.15) is 53.9 Å². The SMILES string of the molecule is CCCC(C(=O)OCC)N(CC)CCCN(CC)CC. The molecular formula is C16H34N2O2. The molecule has 0 aromatic carbocycles. The van der Waals surface area contributed by atoms with Gasteiger partial charge < -0.3 is 9.64 Å². The molecule has 0 bridgehead atoms. The van der Waals surface area contributed by atoms with Gasteiger partial charge in [0.05, 0.1) is 6.61 Å². The van der Waals surface area contributed by atoms with Crippen molar-refractivity contribution in [3.8, 4) is 0 Å². The van der Waals surface area contributed by atoms with Crippen molar-refractivity contribution in [3.05, 3.63) is 0 Å². The van der Waals surface area contributed by atoms with Crippen molar-refractivity contribution in [3.63, 3.8) is 0 Å². The fourth-order valence-corrected chi connectivity index (χ4v) is 2.53. The van der Waals surface area contributed by atoms with Crippen LogP contribution in [0.3, 0.4) is 0 Å². The van der Waals surface area contributed by atoms with E-state index in [9.17, 15) is 4.79 Å². The summed E-state index contributed by atoms with van der Waals surface area (Å²) in [4.78, 5) is 16.8. The molecule has 4 heteroatoms. The van der Waals surface area contributed by atoms with Crippen molar-refractivity contribution in [1.82, 2.24) is 9.80 Å². The molecule has 0 fully saturated rings. The maximum Gasteiger partial charge on any atom is 0.323 e. The largest absolute Gasteiger partial charge is 0.465 e. The number of nitrogens with zero attached hydrogens (tertiary/aromatic N) is 2. The van der Waals surface area contributed by atoms with Crippen molar-refractivity contribution in [2.24, 2.45) is 0 Å². The molecule has 0 N–H and O–H groups in total. The molecule has 1 atom stereocenters. The van der Waals surface area contributed by atoms with E-state index in [0.717, 1.165) is 52.0 Å². The molecule has 0 aromatic heterocycles. The number of carbonyl (C=O) groups excluding carboxylic acids is 1.